The number of aromatic nitrogens is 2. The Morgan fingerprint density at radius 3 is 2.72 bits per heavy atom. The number of carbonyl (C=O) groups excluding carboxylic acids is 1. The minimum Gasteiger partial charge on any atom is -0.331 e. The predicted octanol–water partition coefficient (Wildman–Crippen LogP) is 2.53. The van der Waals surface area contributed by atoms with Gasteiger partial charge >= 0.3 is 0 Å². The predicted molar refractivity (Wildman–Crippen MR) is 69.7 cm³/mol. The lowest BCUT2D eigenvalue weighted by atomic mass is 9.90. The summed E-state index contributed by atoms with van der Waals surface area (Å²) in [6, 6.07) is 6.08. The Bertz CT molecular complexity index is 598. The van der Waals surface area contributed by atoms with Gasteiger partial charge in [0.1, 0.15) is 0 Å². The van der Waals surface area contributed by atoms with Crippen LogP contribution in [0.25, 0.3) is 0 Å². The number of nitrogens with zero attached hydrogens (tertiary/aromatic N) is 2. The first kappa shape index (κ1) is 11.2. The van der Waals surface area contributed by atoms with E-state index in [9.17, 15) is 4.79 Å². The van der Waals surface area contributed by atoms with E-state index in [0.29, 0.717) is 5.82 Å². The van der Waals surface area contributed by atoms with E-state index in [0.717, 1.165) is 18.4 Å². The maximum atomic E-state index is 12.3. The van der Waals surface area contributed by atoms with Crippen LogP contribution in [0.2, 0.25) is 0 Å². The summed E-state index contributed by atoms with van der Waals surface area (Å²) in [7, 11) is 1.85. The molecule has 0 atom stereocenters. The molecule has 0 saturated heterocycles. The Morgan fingerprint density at radius 1 is 1.22 bits per heavy atom. The fraction of sp³-hybridized carbons (Fsp3) is 0.333. The number of rotatable bonds is 2. The van der Waals surface area contributed by atoms with Crippen LogP contribution >= 0.6 is 0 Å². The number of benzene rings is 1. The van der Waals surface area contributed by atoms with Gasteiger partial charge in [-0.15, -0.1) is 0 Å². The maximum Gasteiger partial charge on any atom is 0.228 e. The third-order valence-electron chi connectivity index (χ3n) is 3.63. The first-order valence-electron chi connectivity index (χ1n) is 6.39. The summed E-state index contributed by atoms with van der Waals surface area (Å²) in [5, 5.41) is 0. The second-order valence-corrected chi connectivity index (χ2v) is 4.88. The van der Waals surface area contributed by atoms with Crippen LogP contribution in [0.5, 0.6) is 0 Å². The van der Waals surface area contributed by atoms with Crippen LogP contribution in [-0.2, 0) is 19.9 Å². The number of ketones is 1. The molecule has 1 aliphatic rings. The molecule has 3 heteroatoms. The molecule has 0 aliphatic heterocycles. The van der Waals surface area contributed by atoms with Crippen molar-refractivity contribution in [1.29, 1.82) is 0 Å². The van der Waals surface area contributed by atoms with Gasteiger partial charge in [-0.1, -0.05) is 12.1 Å². The maximum absolute atomic E-state index is 12.3. The minimum absolute atomic E-state index is 0.0101. The Balaban J connectivity index is 1.98. The third-order valence-corrected chi connectivity index (χ3v) is 3.63. The fourth-order valence-electron chi connectivity index (χ4n) is 2.59. The standard InChI is InChI=1S/C15H16N2O/c1-17-9-8-16-15(17)14(18)13-7-6-11-4-2-3-5-12(11)10-13/h6-10H,2-5H2,1H3. The smallest absolute Gasteiger partial charge is 0.228 e. The Hall–Kier alpha value is -1.90. The summed E-state index contributed by atoms with van der Waals surface area (Å²) >= 11 is 0. The zero-order chi connectivity index (χ0) is 12.5. The first-order chi connectivity index (χ1) is 8.75. The second-order valence-electron chi connectivity index (χ2n) is 4.88. The van der Waals surface area contributed by atoms with Crippen LogP contribution in [0.1, 0.15) is 40.2 Å². The van der Waals surface area contributed by atoms with Gasteiger partial charge in [-0.3, -0.25) is 4.79 Å². The molecule has 1 heterocycles. The molecule has 0 N–H and O–H groups in total. The van der Waals surface area contributed by atoms with Gasteiger partial charge in [-0.2, -0.15) is 0 Å². The van der Waals surface area contributed by atoms with Crippen molar-refractivity contribution in [1.82, 2.24) is 9.55 Å². The van der Waals surface area contributed by atoms with E-state index in [1.54, 1.807) is 17.0 Å². The SMILES string of the molecule is Cn1ccnc1C(=O)c1ccc2c(c1)CCCC2. The molecule has 0 radical (unpaired) electrons. The number of fused-ring (bicyclic) bond motifs is 1. The monoisotopic (exact) mass is 240 g/mol. The van der Waals surface area contributed by atoms with Crippen LogP contribution in [0, 0.1) is 0 Å². The highest BCUT2D eigenvalue weighted by Gasteiger charge is 2.16. The minimum atomic E-state index is 0.0101. The van der Waals surface area contributed by atoms with Gasteiger partial charge in [0.05, 0.1) is 0 Å². The molecule has 3 nitrogen and oxygen atoms in total. The van der Waals surface area contributed by atoms with Gasteiger partial charge in [-0.25, -0.2) is 4.98 Å². The van der Waals surface area contributed by atoms with Crippen LogP contribution < -0.4 is 0 Å². The molecule has 92 valence electrons. The van der Waals surface area contributed by atoms with Crippen molar-refractivity contribution < 1.29 is 4.79 Å². The van der Waals surface area contributed by atoms with Crippen molar-refractivity contribution in [3.05, 3.63) is 53.1 Å². The number of carbonyl (C=O) groups is 1. The molecule has 1 aliphatic carbocycles. The molecule has 0 unspecified atom stereocenters. The van der Waals surface area contributed by atoms with Gasteiger partial charge < -0.3 is 4.57 Å². The number of hydrogen-bond acceptors (Lipinski definition) is 2. The molecule has 0 saturated carbocycles. The number of hydrogen-bond donors (Lipinski definition) is 0. The molecule has 18 heavy (non-hydrogen) atoms. The van der Waals surface area contributed by atoms with Crippen molar-refractivity contribution in [2.45, 2.75) is 25.7 Å². The van der Waals surface area contributed by atoms with Crippen molar-refractivity contribution in [2.24, 2.45) is 7.05 Å². The lowest BCUT2D eigenvalue weighted by molar-refractivity contribution is 0.102. The highest BCUT2D eigenvalue weighted by Crippen LogP contribution is 2.23. The molecule has 1 aromatic carbocycles. The largest absolute Gasteiger partial charge is 0.331 e. The van der Waals surface area contributed by atoms with E-state index in [2.05, 4.69) is 11.1 Å². The van der Waals surface area contributed by atoms with Gasteiger partial charge in [0.15, 0.2) is 5.82 Å². The van der Waals surface area contributed by atoms with E-state index >= 15 is 0 Å². The van der Waals surface area contributed by atoms with Crippen molar-refractivity contribution >= 4 is 5.78 Å². The summed E-state index contributed by atoms with van der Waals surface area (Å²) in [5.41, 5.74) is 3.49. The average molecular weight is 240 g/mol. The number of imidazole rings is 1. The van der Waals surface area contributed by atoms with E-state index in [1.807, 2.05) is 19.2 Å². The first-order valence-corrected chi connectivity index (χ1v) is 6.39. The van der Waals surface area contributed by atoms with Crippen LogP contribution in [-0.4, -0.2) is 15.3 Å². The lowest BCUT2D eigenvalue weighted by Crippen LogP contribution is -2.11. The third kappa shape index (κ3) is 1.86. The van der Waals surface area contributed by atoms with Gasteiger partial charge in [0.2, 0.25) is 5.78 Å². The molecule has 0 spiro atoms. The molecule has 1 aromatic heterocycles. The Kier molecular flexibility index (Phi) is 2.74. The van der Waals surface area contributed by atoms with E-state index in [1.165, 1.54) is 24.0 Å². The fourth-order valence-corrected chi connectivity index (χ4v) is 2.59. The molecule has 0 amide bonds. The van der Waals surface area contributed by atoms with Crippen LogP contribution in [0.4, 0.5) is 0 Å². The molecule has 0 fully saturated rings. The molecule has 0 bridgehead atoms. The zero-order valence-electron chi connectivity index (χ0n) is 10.5. The summed E-state index contributed by atoms with van der Waals surface area (Å²) in [6.45, 7) is 0. The van der Waals surface area contributed by atoms with E-state index < -0.39 is 0 Å². The quantitative estimate of drug-likeness (QED) is 0.756. The highest BCUT2D eigenvalue weighted by molar-refractivity contribution is 6.06. The highest BCUT2D eigenvalue weighted by atomic mass is 16.1. The Morgan fingerprint density at radius 2 is 2.00 bits per heavy atom. The van der Waals surface area contributed by atoms with E-state index in [4.69, 9.17) is 0 Å². The van der Waals surface area contributed by atoms with Gasteiger partial charge in [-0.05, 0) is 42.9 Å². The van der Waals surface area contributed by atoms with Crippen LogP contribution in [0.15, 0.2) is 30.6 Å². The molecule has 3 rings (SSSR count). The van der Waals surface area contributed by atoms with Gasteiger partial charge in [0.25, 0.3) is 0 Å². The molecular weight excluding hydrogens is 224 g/mol. The van der Waals surface area contributed by atoms with Gasteiger partial charge in [0, 0.05) is 25.0 Å². The summed E-state index contributed by atoms with van der Waals surface area (Å²) in [6.07, 6.45) is 8.19. The Labute approximate surface area is 106 Å². The summed E-state index contributed by atoms with van der Waals surface area (Å²) < 4.78 is 1.77. The lowest BCUT2D eigenvalue weighted by Gasteiger charge is -2.16. The summed E-state index contributed by atoms with van der Waals surface area (Å²) in [4.78, 5) is 16.4. The summed E-state index contributed by atoms with van der Waals surface area (Å²) in [5.74, 6) is 0.515. The average Bonchev–Trinajstić information content (AvgIpc) is 2.83. The normalized spacial score (nSPS) is 14.3. The number of aryl methyl sites for hydroxylation is 3. The van der Waals surface area contributed by atoms with Crippen molar-refractivity contribution in [2.75, 3.05) is 0 Å². The zero-order valence-corrected chi connectivity index (χ0v) is 10.5. The van der Waals surface area contributed by atoms with Crippen molar-refractivity contribution in [3.8, 4) is 0 Å². The molecular formula is C15H16N2O. The van der Waals surface area contributed by atoms with E-state index in [-0.39, 0.29) is 5.78 Å². The van der Waals surface area contributed by atoms with Crippen LogP contribution in [0.3, 0.4) is 0 Å². The van der Waals surface area contributed by atoms with Crippen molar-refractivity contribution in [3.63, 3.8) is 0 Å². The molecule has 2 aromatic rings. The second kappa shape index (κ2) is 4.41. The topological polar surface area (TPSA) is 34.9 Å².